The van der Waals surface area contributed by atoms with E-state index in [2.05, 4.69) is 15.0 Å². The van der Waals surface area contributed by atoms with Crippen molar-refractivity contribution < 1.29 is 8.42 Å². The fourth-order valence-electron chi connectivity index (χ4n) is 3.07. The highest BCUT2D eigenvalue weighted by atomic mass is 35.5. The van der Waals surface area contributed by atoms with Crippen molar-refractivity contribution in [2.24, 2.45) is 0 Å². The third-order valence-corrected chi connectivity index (χ3v) is 6.76. The van der Waals surface area contributed by atoms with Crippen molar-refractivity contribution in [2.75, 3.05) is 31.1 Å². The SMILES string of the molecule is O=c1[nH]c2cc(Cl)c(S(=O)(=O)N3CCN(c4ccccn4)CC3)cc2[nH]1. The van der Waals surface area contributed by atoms with E-state index >= 15 is 0 Å². The normalized spacial score (nSPS) is 16.3. The van der Waals surface area contributed by atoms with E-state index < -0.39 is 15.7 Å². The molecule has 0 bridgehead atoms. The smallest absolute Gasteiger partial charge is 0.323 e. The van der Waals surface area contributed by atoms with E-state index in [9.17, 15) is 13.2 Å². The molecule has 3 heterocycles. The van der Waals surface area contributed by atoms with Crippen LogP contribution in [-0.2, 0) is 10.0 Å². The summed E-state index contributed by atoms with van der Waals surface area (Å²) in [6.07, 6.45) is 1.71. The molecule has 0 atom stereocenters. The van der Waals surface area contributed by atoms with Crippen LogP contribution in [0.1, 0.15) is 0 Å². The molecule has 0 spiro atoms. The van der Waals surface area contributed by atoms with Crippen LogP contribution in [0.4, 0.5) is 5.82 Å². The van der Waals surface area contributed by atoms with Crippen LogP contribution in [-0.4, -0.2) is 53.9 Å². The molecule has 2 aromatic heterocycles. The predicted octanol–water partition coefficient (Wildman–Crippen LogP) is 1.42. The molecule has 0 amide bonds. The molecule has 3 aromatic rings. The van der Waals surface area contributed by atoms with Crippen LogP contribution in [0.15, 0.2) is 46.2 Å². The van der Waals surface area contributed by atoms with Crippen LogP contribution in [0.2, 0.25) is 5.02 Å². The number of pyridine rings is 1. The van der Waals surface area contributed by atoms with Crippen molar-refractivity contribution in [3.63, 3.8) is 0 Å². The number of nitrogens with one attached hydrogen (secondary N) is 2. The van der Waals surface area contributed by atoms with Gasteiger partial charge in [-0.1, -0.05) is 17.7 Å². The number of hydrogen-bond acceptors (Lipinski definition) is 5. The van der Waals surface area contributed by atoms with Gasteiger partial charge in [-0.3, -0.25) is 0 Å². The summed E-state index contributed by atoms with van der Waals surface area (Å²) < 4.78 is 27.4. The van der Waals surface area contributed by atoms with E-state index in [4.69, 9.17) is 11.6 Å². The van der Waals surface area contributed by atoms with E-state index in [1.807, 2.05) is 23.1 Å². The fourth-order valence-corrected chi connectivity index (χ4v) is 5.02. The number of rotatable bonds is 3. The zero-order valence-electron chi connectivity index (χ0n) is 13.6. The molecule has 2 N–H and O–H groups in total. The number of aromatic nitrogens is 3. The Labute approximate surface area is 154 Å². The predicted molar refractivity (Wildman–Crippen MR) is 99.1 cm³/mol. The van der Waals surface area contributed by atoms with Crippen molar-refractivity contribution in [2.45, 2.75) is 4.90 Å². The van der Waals surface area contributed by atoms with E-state index in [-0.39, 0.29) is 9.92 Å². The van der Waals surface area contributed by atoms with Crippen LogP contribution in [0, 0.1) is 0 Å². The lowest BCUT2D eigenvalue weighted by Gasteiger charge is -2.34. The Bertz CT molecular complexity index is 1100. The van der Waals surface area contributed by atoms with Gasteiger partial charge in [-0.2, -0.15) is 4.31 Å². The second-order valence-electron chi connectivity index (χ2n) is 5.99. The Balaban J connectivity index is 1.60. The maximum absolute atomic E-state index is 13.0. The number of fused-ring (bicyclic) bond motifs is 1. The number of aromatic amines is 2. The molecular formula is C16H16ClN5O3S. The Morgan fingerprint density at radius 3 is 2.38 bits per heavy atom. The molecule has 0 aliphatic carbocycles. The maximum atomic E-state index is 13.0. The Kier molecular flexibility index (Phi) is 4.22. The Morgan fingerprint density at radius 1 is 1.04 bits per heavy atom. The lowest BCUT2D eigenvalue weighted by atomic mass is 10.3. The molecule has 1 saturated heterocycles. The second-order valence-corrected chi connectivity index (χ2v) is 8.30. The first kappa shape index (κ1) is 17.1. The van der Waals surface area contributed by atoms with Gasteiger partial charge in [0.05, 0.1) is 16.1 Å². The number of sulfonamides is 1. The lowest BCUT2D eigenvalue weighted by molar-refractivity contribution is 0.384. The monoisotopic (exact) mass is 393 g/mol. The van der Waals surface area contributed by atoms with Crippen molar-refractivity contribution in [3.05, 3.63) is 52.0 Å². The molecule has 10 heteroatoms. The van der Waals surface area contributed by atoms with Crippen LogP contribution >= 0.6 is 11.6 Å². The number of hydrogen-bond donors (Lipinski definition) is 2. The van der Waals surface area contributed by atoms with Gasteiger partial charge in [-0.15, -0.1) is 0 Å². The number of piperazine rings is 1. The van der Waals surface area contributed by atoms with E-state index in [0.29, 0.717) is 37.2 Å². The molecule has 1 fully saturated rings. The first-order valence-corrected chi connectivity index (χ1v) is 9.84. The molecule has 26 heavy (non-hydrogen) atoms. The standard InChI is InChI=1S/C16H16ClN5O3S/c17-11-9-12-13(20-16(23)19-12)10-14(11)26(24,25)22-7-5-21(6-8-22)15-3-1-2-4-18-15/h1-4,9-10H,5-8H2,(H2,19,20,23). The van der Waals surface area contributed by atoms with Crippen molar-refractivity contribution >= 4 is 38.5 Å². The average molecular weight is 394 g/mol. The summed E-state index contributed by atoms with van der Waals surface area (Å²) in [6, 6.07) is 8.49. The molecule has 1 aliphatic heterocycles. The van der Waals surface area contributed by atoms with Crippen LogP contribution in [0.3, 0.4) is 0 Å². The molecular weight excluding hydrogens is 378 g/mol. The van der Waals surface area contributed by atoms with Gasteiger partial charge < -0.3 is 14.9 Å². The number of benzene rings is 1. The van der Waals surface area contributed by atoms with E-state index in [1.54, 1.807) is 6.20 Å². The van der Waals surface area contributed by atoms with Crippen molar-refractivity contribution in [3.8, 4) is 0 Å². The Morgan fingerprint density at radius 2 is 1.73 bits per heavy atom. The quantitative estimate of drug-likeness (QED) is 0.700. The molecule has 0 radical (unpaired) electrons. The zero-order valence-corrected chi connectivity index (χ0v) is 15.2. The molecule has 136 valence electrons. The summed E-state index contributed by atoms with van der Waals surface area (Å²) in [5, 5.41) is 0.0832. The number of anilines is 1. The molecule has 0 unspecified atom stereocenters. The van der Waals surface area contributed by atoms with Crippen molar-refractivity contribution in [1.29, 1.82) is 0 Å². The highest BCUT2D eigenvalue weighted by Gasteiger charge is 2.31. The molecule has 1 aromatic carbocycles. The highest BCUT2D eigenvalue weighted by Crippen LogP contribution is 2.29. The Hall–Kier alpha value is -2.36. The van der Waals surface area contributed by atoms with Gasteiger partial charge in [0.1, 0.15) is 10.7 Å². The first-order chi connectivity index (χ1) is 12.4. The minimum absolute atomic E-state index is 0.00629. The molecule has 0 saturated carbocycles. The first-order valence-electron chi connectivity index (χ1n) is 8.03. The fraction of sp³-hybridized carbons (Fsp3) is 0.250. The number of H-pyrrole nitrogens is 2. The number of halogens is 1. The van der Waals surface area contributed by atoms with E-state index in [0.717, 1.165) is 5.82 Å². The van der Waals surface area contributed by atoms with Crippen LogP contribution in [0.5, 0.6) is 0 Å². The minimum Gasteiger partial charge on any atom is -0.354 e. The van der Waals surface area contributed by atoms with Gasteiger partial charge in [0.2, 0.25) is 10.0 Å². The van der Waals surface area contributed by atoms with Crippen LogP contribution in [0.25, 0.3) is 11.0 Å². The summed E-state index contributed by atoms with van der Waals surface area (Å²) in [7, 11) is -3.76. The highest BCUT2D eigenvalue weighted by molar-refractivity contribution is 7.89. The summed E-state index contributed by atoms with van der Waals surface area (Å²) in [5.41, 5.74) is 0.471. The summed E-state index contributed by atoms with van der Waals surface area (Å²) in [6.45, 7) is 1.74. The summed E-state index contributed by atoms with van der Waals surface area (Å²) in [4.78, 5) is 22.9. The minimum atomic E-state index is -3.76. The summed E-state index contributed by atoms with van der Waals surface area (Å²) in [5.74, 6) is 0.828. The maximum Gasteiger partial charge on any atom is 0.323 e. The molecule has 8 nitrogen and oxygen atoms in total. The van der Waals surface area contributed by atoms with Gasteiger partial charge in [0.25, 0.3) is 0 Å². The van der Waals surface area contributed by atoms with Gasteiger partial charge >= 0.3 is 5.69 Å². The van der Waals surface area contributed by atoms with Gasteiger partial charge in [-0.25, -0.2) is 18.2 Å². The third-order valence-electron chi connectivity index (χ3n) is 4.40. The van der Waals surface area contributed by atoms with Gasteiger partial charge in [-0.05, 0) is 24.3 Å². The molecule has 4 rings (SSSR count). The average Bonchev–Trinajstić information content (AvgIpc) is 3.00. The van der Waals surface area contributed by atoms with Gasteiger partial charge in [0.15, 0.2) is 0 Å². The number of nitrogens with zero attached hydrogens (tertiary/aromatic N) is 3. The summed E-state index contributed by atoms with van der Waals surface area (Å²) >= 11 is 6.18. The zero-order chi connectivity index (χ0) is 18.3. The van der Waals surface area contributed by atoms with E-state index in [1.165, 1.54) is 16.4 Å². The topological polar surface area (TPSA) is 102 Å². The number of imidazole rings is 1. The largest absolute Gasteiger partial charge is 0.354 e. The lowest BCUT2D eigenvalue weighted by Crippen LogP contribution is -2.48. The third kappa shape index (κ3) is 2.98. The second kappa shape index (κ2) is 6.42. The van der Waals surface area contributed by atoms with Crippen LogP contribution < -0.4 is 10.6 Å². The van der Waals surface area contributed by atoms with Gasteiger partial charge in [0, 0.05) is 32.4 Å². The molecule has 1 aliphatic rings. The van der Waals surface area contributed by atoms with Crippen molar-refractivity contribution in [1.82, 2.24) is 19.3 Å².